The molecule has 1 aromatic heterocycles. The van der Waals surface area contributed by atoms with E-state index in [9.17, 15) is 4.79 Å². The molecular formula is C36H44N2O. The van der Waals surface area contributed by atoms with Crippen LogP contribution < -0.4 is 0 Å². The molecule has 3 nitrogen and oxygen atoms in total. The molecule has 1 saturated carbocycles. The predicted molar refractivity (Wildman–Crippen MR) is 160 cm³/mol. The maximum absolute atomic E-state index is 12.0. The fourth-order valence-corrected chi connectivity index (χ4v) is 7.78. The number of benzene rings is 1. The van der Waals surface area contributed by atoms with Crippen LogP contribution in [0, 0.1) is 29.6 Å². The quantitative estimate of drug-likeness (QED) is 0.373. The average molecular weight is 521 g/mol. The summed E-state index contributed by atoms with van der Waals surface area (Å²) in [7, 11) is 0. The van der Waals surface area contributed by atoms with Crippen LogP contribution in [0.25, 0.3) is 5.57 Å². The Labute approximate surface area is 235 Å². The minimum absolute atomic E-state index is 0.253. The van der Waals surface area contributed by atoms with Gasteiger partial charge in [-0.25, -0.2) is 0 Å². The number of rotatable bonds is 7. The van der Waals surface area contributed by atoms with Crippen molar-refractivity contribution >= 4 is 11.4 Å². The van der Waals surface area contributed by atoms with Crippen LogP contribution >= 0.6 is 0 Å². The predicted octanol–water partition coefficient (Wildman–Crippen LogP) is 7.84. The van der Waals surface area contributed by atoms with Gasteiger partial charge in [0.25, 0.3) is 0 Å². The van der Waals surface area contributed by atoms with Crippen molar-refractivity contribution in [3.05, 3.63) is 94.4 Å². The lowest BCUT2D eigenvalue weighted by Gasteiger charge is -2.28. The van der Waals surface area contributed by atoms with E-state index in [1.54, 1.807) is 18.1 Å². The van der Waals surface area contributed by atoms with E-state index in [0.29, 0.717) is 23.7 Å². The minimum atomic E-state index is 0.253. The molecule has 1 aliphatic heterocycles. The molecule has 3 aliphatic carbocycles. The van der Waals surface area contributed by atoms with Gasteiger partial charge in [-0.3, -0.25) is 14.7 Å². The number of carbonyl (C=O) groups is 1. The summed E-state index contributed by atoms with van der Waals surface area (Å²) in [5, 5.41) is 0. The Morgan fingerprint density at radius 3 is 2.74 bits per heavy atom. The number of allylic oxidation sites excluding steroid dienone is 6. The lowest BCUT2D eigenvalue weighted by Crippen LogP contribution is -2.24. The van der Waals surface area contributed by atoms with Crippen molar-refractivity contribution in [2.24, 2.45) is 29.6 Å². The monoisotopic (exact) mass is 520 g/mol. The van der Waals surface area contributed by atoms with Crippen LogP contribution in [0.5, 0.6) is 0 Å². The highest BCUT2D eigenvalue weighted by molar-refractivity contribution is 5.95. The Morgan fingerprint density at radius 1 is 1.05 bits per heavy atom. The third-order valence-electron chi connectivity index (χ3n) is 10.3. The van der Waals surface area contributed by atoms with Crippen LogP contribution in [0.15, 0.2) is 77.7 Å². The number of fused-ring (bicyclic) bond motifs is 2. The molecule has 6 rings (SSSR count). The summed E-state index contributed by atoms with van der Waals surface area (Å²) >= 11 is 0. The fourth-order valence-electron chi connectivity index (χ4n) is 7.78. The van der Waals surface area contributed by atoms with Gasteiger partial charge in [0.15, 0.2) is 5.78 Å². The molecule has 4 aliphatic rings. The number of Topliss-reactive ketones (excluding diaryl/α,β-unsaturated/α-hetero) is 1. The third kappa shape index (κ3) is 5.75. The molecule has 0 amide bonds. The number of hydrogen-bond donors (Lipinski definition) is 0. The standard InChI is InChI=1S/C36H44N2O/c1-24-25(2)34(20-30-12-13-32(26(3)39)36-21-35(30)36)33-11-5-4-10-29(33)19-31(24)18-27-9-7-16-38(17-14-27)23-28-8-6-15-37-22-28/h4-6,8,10-13,15,22,24,27,31,35-36H,7,9,14,16-21,23H2,1-3H3. The number of carbonyl (C=O) groups excluding carboxylic acids is 1. The van der Waals surface area contributed by atoms with E-state index in [0.717, 1.165) is 30.9 Å². The van der Waals surface area contributed by atoms with E-state index in [1.807, 2.05) is 12.4 Å². The maximum Gasteiger partial charge on any atom is 0.156 e. The largest absolute Gasteiger partial charge is 0.299 e. The molecular weight excluding hydrogens is 476 g/mol. The van der Waals surface area contributed by atoms with Crippen molar-refractivity contribution in [3.8, 4) is 0 Å². The van der Waals surface area contributed by atoms with Crippen molar-refractivity contribution in [2.45, 2.75) is 72.3 Å². The van der Waals surface area contributed by atoms with Gasteiger partial charge >= 0.3 is 0 Å². The van der Waals surface area contributed by atoms with Gasteiger partial charge in [-0.2, -0.15) is 0 Å². The summed E-state index contributed by atoms with van der Waals surface area (Å²) in [6.07, 6.45) is 17.0. The normalized spacial score (nSPS) is 28.9. The second kappa shape index (κ2) is 11.4. The molecule has 3 heteroatoms. The van der Waals surface area contributed by atoms with E-state index >= 15 is 0 Å². The number of hydrogen-bond acceptors (Lipinski definition) is 3. The molecule has 0 radical (unpaired) electrons. The zero-order valence-electron chi connectivity index (χ0n) is 24.0. The highest BCUT2D eigenvalue weighted by Crippen LogP contribution is 2.54. The third-order valence-corrected chi connectivity index (χ3v) is 10.3. The van der Waals surface area contributed by atoms with Gasteiger partial charge in [-0.1, -0.05) is 60.6 Å². The van der Waals surface area contributed by atoms with Crippen LogP contribution in [-0.4, -0.2) is 28.8 Å². The molecule has 204 valence electrons. The first kappa shape index (κ1) is 26.4. The van der Waals surface area contributed by atoms with Gasteiger partial charge < -0.3 is 0 Å². The lowest BCUT2D eigenvalue weighted by molar-refractivity contribution is -0.113. The zero-order valence-corrected chi connectivity index (χ0v) is 24.0. The van der Waals surface area contributed by atoms with Gasteiger partial charge in [0.1, 0.15) is 0 Å². The molecule has 39 heavy (non-hydrogen) atoms. The van der Waals surface area contributed by atoms with Gasteiger partial charge in [0.2, 0.25) is 0 Å². The second-order valence-corrected chi connectivity index (χ2v) is 12.8. The zero-order chi connectivity index (χ0) is 26.9. The van der Waals surface area contributed by atoms with Gasteiger partial charge in [0, 0.05) is 18.9 Å². The van der Waals surface area contributed by atoms with E-state index in [1.165, 1.54) is 67.5 Å². The number of ketones is 1. The van der Waals surface area contributed by atoms with Crippen molar-refractivity contribution < 1.29 is 4.79 Å². The van der Waals surface area contributed by atoms with Crippen molar-refractivity contribution in [3.63, 3.8) is 0 Å². The summed E-state index contributed by atoms with van der Waals surface area (Å²) in [5.41, 5.74) is 10.1. The van der Waals surface area contributed by atoms with Crippen LogP contribution in [0.3, 0.4) is 0 Å². The SMILES string of the molecule is CC(=O)C1=CC=C(CC2=C(C)C(C)C(CC3CCCN(Cc4cccnc4)CC3)Cc3ccccc32)C2CC12. The molecule has 2 fully saturated rings. The van der Waals surface area contributed by atoms with Crippen LogP contribution in [0.1, 0.15) is 76.0 Å². The Kier molecular flexibility index (Phi) is 7.71. The summed E-state index contributed by atoms with van der Waals surface area (Å²) in [6, 6.07) is 13.5. The number of nitrogens with zero attached hydrogens (tertiary/aromatic N) is 2. The Bertz CT molecular complexity index is 1300. The molecule has 1 saturated heterocycles. The minimum Gasteiger partial charge on any atom is -0.299 e. The smallest absolute Gasteiger partial charge is 0.156 e. The van der Waals surface area contributed by atoms with Crippen LogP contribution in [0.4, 0.5) is 0 Å². The first-order chi connectivity index (χ1) is 19.0. The highest BCUT2D eigenvalue weighted by Gasteiger charge is 2.45. The second-order valence-electron chi connectivity index (χ2n) is 12.8. The first-order valence-corrected chi connectivity index (χ1v) is 15.3. The molecule has 5 atom stereocenters. The summed E-state index contributed by atoms with van der Waals surface area (Å²) in [4.78, 5) is 19.0. The summed E-state index contributed by atoms with van der Waals surface area (Å²) < 4.78 is 0. The number of aromatic nitrogens is 1. The van der Waals surface area contributed by atoms with E-state index in [2.05, 4.69) is 72.3 Å². The van der Waals surface area contributed by atoms with Crippen LogP contribution in [0.2, 0.25) is 0 Å². The first-order valence-electron chi connectivity index (χ1n) is 15.3. The number of pyridine rings is 1. The maximum atomic E-state index is 12.0. The fraction of sp³-hybridized carbons (Fsp3) is 0.500. The van der Waals surface area contributed by atoms with Crippen molar-refractivity contribution in [1.82, 2.24) is 9.88 Å². The van der Waals surface area contributed by atoms with E-state index in [-0.39, 0.29) is 5.78 Å². The van der Waals surface area contributed by atoms with E-state index < -0.39 is 0 Å². The van der Waals surface area contributed by atoms with Gasteiger partial charge in [0.05, 0.1) is 0 Å². The molecule has 5 unspecified atom stereocenters. The summed E-state index contributed by atoms with van der Waals surface area (Å²) in [5.74, 6) is 3.39. The topological polar surface area (TPSA) is 33.2 Å². The Balaban J connectivity index is 1.18. The lowest BCUT2D eigenvalue weighted by atomic mass is 9.77. The van der Waals surface area contributed by atoms with Gasteiger partial charge in [-0.05, 0) is 135 Å². The highest BCUT2D eigenvalue weighted by atomic mass is 16.1. The molecule has 0 N–H and O–H groups in total. The molecule has 2 aromatic rings. The number of likely N-dealkylation sites (tertiary alicyclic amines) is 1. The Morgan fingerprint density at radius 2 is 1.92 bits per heavy atom. The Hall–Kier alpha value is -2.78. The molecule has 1 aromatic carbocycles. The molecule has 0 spiro atoms. The van der Waals surface area contributed by atoms with Crippen molar-refractivity contribution in [1.29, 1.82) is 0 Å². The molecule has 2 heterocycles. The molecule has 0 bridgehead atoms. The van der Waals surface area contributed by atoms with Crippen molar-refractivity contribution in [2.75, 3.05) is 13.1 Å². The average Bonchev–Trinajstić information content (AvgIpc) is 3.77. The summed E-state index contributed by atoms with van der Waals surface area (Å²) in [6.45, 7) is 10.1. The van der Waals surface area contributed by atoms with E-state index in [4.69, 9.17) is 0 Å². The van der Waals surface area contributed by atoms with Gasteiger partial charge in [-0.15, -0.1) is 0 Å². The van der Waals surface area contributed by atoms with Crippen LogP contribution in [-0.2, 0) is 17.8 Å².